The molecule has 1 N–H and O–H groups in total. The van der Waals surface area contributed by atoms with E-state index in [-0.39, 0.29) is 34.5 Å². The van der Waals surface area contributed by atoms with Crippen LogP contribution in [0.5, 0.6) is 0 Å². The molecule has 0 fully saturated rings. The first-order valence-corrected chi connectivity index (χ1v) is 13.6. The van der Waals surface area contributed by atoms with E-state index in [4.69, 9.17) is 11.6 Å². The zero-order chi connectivity index (χ0) is 25.0. The van der Waals surface area contributed by atoms with Gasteiger partial charge >= 0.3 is 0 Å². The van der Waals surface area contributed by atoms with Crippen molar-refractivity contribution in [2.75, 3.05) is 36.8 Å². The maximum Gasteiger partial charge on any atom is 0.262 e. The van der Waals surface area contributed by atoms with Crippen molar-refractivity contribution in [3.05, 3.63) is 83.4 Å². The highest BCUT2D eigenvalue weighted by Gasteiger charge is 2.25. The van der Waals surface area contributed by atoms with E-state index in [2.05, 4.69) is 14.6 Å². The molecule has 7 nitrogen and oxygen atoms in total. The Kier molecular flexibility index (Phi) is 9.32. The Hall–Kier alpha value is -2.69. The minimum absolute atomic E-state index is 0. The van der Waals surface area contributed by atoms with Crippen molar-refractivity contribution >= 4 is 72.3 Å². The van der Waals surface area contributed by atoms with Crippen LogP contribution < -0.4 is 9.62 Å². The highest BCUT2D eigenvalue weighted by Crippen LogP contribution is 2.31. The molecule has 0 bridgehead atoms. The molecule has 0 atom stereocenters. The number of benzene rings is 3. The smallest absolute Gasteiger partial charge is 0.262 e. The summed E-state index contributed by atoms with van der Waals surface area (Å²) >= 11 is 7.33. The van der Waals surface area contributed by atoms with Gasteiger partial charge < -0.3 is 4.90 Å². The second kappa shape index (κ2) is 12.0. The molecular weight excluding hydrogens is 539 g/mol. The molecule has 1 amide bonds. The third-order valence-electron chi connectivity index (χ3n) is 5.27. The summed E-state index contributed by atoms with van der Waals surface area (Å²) in [6, 6.07) is 20.2. The number of rotatable bonds is 9. The van der Waals surface area contributed by atoms with Gasteiger partial charge in [0.2, 0.25) is 0 Å². The number of amides is 1. The summed E-state index contributed by atoms with van der Waals surface area (Å²) in [5.41, 5.74) is 1.26. The lowest BCUT2D eigenvalue weighted by Gasteiger charge is -2.22. The van der Waals surface area contributed by atoms with E-state index in [1.54, 1.807) is 29.2 Å². The summed E-state index contributed by atoms with van der Waals surface area (Å²) < 4.78 is 29.5. The standard InChI is InChI=1S/C25H25ClN4O3S2.ClH/c1-29(2)16-7-17-30(25-27-22-10-5-6-11-23(22)34-25)24(31)20-8-3-4-9-21(20)28-35(32,33)19-14-12-18(26)13-15-19;/h3-6,8-15,28H,7,16-17H2,1-2H3;1H. The molecule has 0 saturated carbocycles. The molecule has 11 heteroatoms. The molecular formula is C25H26Cl2N4O3S2. The molecule has 4 rings (SSSR count). The number of sulfonamides is 1. The molecule has 1 aromatic heterocycles. The highest BCUT2D eigenvalue weighted by atomic mass is 35.5. The summed E-state index contributed by atoms with van der Waals surface area (Å²) in [6.07, 6.45) is 0.729. The number of hydrogen-bond acceptors (Lipinski definition) is 6. The van der Waals surface area contributed by atoms with Gasteiger partial charge in [0.05, 0.1) is 26.4 Å². The van der Waals surface area contributed by atoms with E-state index in [0.717, 1.165) is 23.2 Å². The SMILES string of the molecule is CN(C)CCCN(C(=O)c1ccccc1NS(=O)(=O)c1ccc(Cl)cc1)c1nc2ccccc2s1.Cl. The van der Waals surface area contributed by atoms with Crippen molar-refractivity contribution in [1.29, 1.82) is 0 Å². The van der Waals surface area contributed by atoms with Gasteiger partial charge in [-0.15, -0.1) is 12.4 Å². The van der Waals surface area contributed by atoms with Gasteiger partial charge in [-0.2, -0.15) is 0 Å². The molecule has 4 aromatic rings. The number of fused-ring (bicyclic) bond motifs is 1. The number of carbonyl (C=O) groups is 1. The average molecular weight is 566 g/mol. The molecule has 0 aliphatic carbocycles. The van der Waals surface area contributed by atoms with Gasteiger partial charge in [-0.3, -0.25) is 14.4 Å². The van der Waals surface area contributed by atoms with E-state index >= 15 is 0 Å². The van der Waals surface area contributed by atoms with E-state index in [0.29, 0.717) is 16.7 Å². The molecule has 190 valence electrons. The van der Waals surface area contributed by atoms with Gasteiger partial charge in [0, 0.05) is 11.6 Å². The largest absolute Gasteiger partial charge is 0.309 e. The number of hydrogen-bond donors (Lipinski definition) is 1. The second-order valence-corrected chi connectivity index (χ2v) is 11.3. The molecule has 3 aromatic carbocycles. The minimum atomic E-state index is -3.92. The van der Waals surface area contributed by atoms with E-state index in [9.17, 15) is 13.2 Å². The van der Waals surface area contributed by atoms with Gasteiger partial charge in [0.1, 0.15) is 0 Å². The van der Waals surface area contributed by atoms with Crippen LogP contribution in [-0.4, -0.2) is 51.4 Å². The van der Waals surface area contributed by atoms with E-state index in [1.165, 1.54) is 35.6 Å². The number of thiazole rings is 1. The van der Waals surface area contributed by atoms with Crippen molar-refractivity contribution in [3.63, 3.8) is 0 Å². The summed E-state index contributed by atoms with van der Waals surface area (Å²) in [4.78, 5) is 22.2. The lowest BCUT2D eigenvalue weighted by molar-refractivity contribution is 0.0987. The van der Waals surface area contributed by atoms with Crippen molar-refractivity contribution in [1.82, 2.24) is 9.88 Å². The van der Waals surface area contributed by atoms with Crippen LogP contribution in [-0.2, 0) is 10.0 Å². The predicted molar refractivity (Wildman–Crippen MR) is 150 cm³/mol. The maximum absolute atomic E-state index is 13.8. The van der Waals surface area contributed by atoms with Crippen molar-refractivity contribution in [2.45, 2.75) is 11.3 Å². The number of nitrogens with one attached hydrogen (secondary N) is 1. The quantitative estimate of drug-likeness (QED) is 0.279. The third kappa shape index (κ3) is 6.54. The zero-order valence-electron chi connectivity index (χ0n) is 19.7. The number of carbonyl (C=O) groups excluding carboxylic acids is 1. The van der Waals surface area contributed by atoms with Crippen LogP contribution in [0.3, 0.4) is 0 Å². The Bertz CT molecular complexity index is 1410. The van der Waals surface area contributed by atoms with Crippen LogP contribution >= 0.6 is 35.3 Å². The Morgan fingerprint density at radius 1 is 0.972 bits per heavy atom. The number of anilines is 2. The number of para-hydroxylation sites is 2. The lowest BCUT2D eigenvalue weighted by atomic mass is 10.1. The van der Waals surface area contributed by atoms with Crippen molar-refractivity contribution in [2.24, 2.45) is 0 Å². The molecule has 0 saturated heterocycles. The fourth-order valence-electron chi connectivity index (χ4n) is 3.53. The predicted octanol–water partition coefficient (Wildman–Crippen LogP) is 5.77. The van der Waals surface area contributed by atoms with Gasteiger partial charge in [-0.05, 0) is 75.6 Å². The van der Waals surface area contributed by atoms with Gasteiger partial charge in [0.25, 0.3) is 15.9 Å². The van der Waals surface area contributed by atoms with Crippen molar-refractivity contribution < 1.29 is 13.2 Å². The summed E-state index contributed by atoms with van der Waals surface area (Å²) in [6.45, 7) is 1.23. The Morgan fingerprint density at radius 3 is 2.33 bits per heavy atom. The Labute approximate surface area is 226 Å². The molecule has 1 heterocycles. The first kappa shape index (κ1) is 27.9. The summed E-state index contributed by atoms with van der Waals surface area (Å²) in [5, 5.41) is 1.01. The fraction of sp³-hybridized carbons (Fsp3) is 0.200. The van der Waals surface area contributed by atoms with Crippen LogP contribution in [0.15, 0.2) is 77.7 Å². The second-order valence-electron chi connectivity index (χ2n) is 8.18. The molecule has 0 unspecified atom stereocenters. The number of aromatic nitrogens is 1. The Morgan fingerprint density at radius 2 is 1.64 bits per heavy atom. The topological polar surface area (TPSA) is 82.6 Å². The number of nitrogens with zero attached hydrogens (tertiary/aromatic N) is 3. The lowest BCUT2D eigenvalue weighted by Crippen LogP contribution is -2.34. The van der Waals surface area contributed by atoms with Crippen LogP contribution in [0.4, 0.5) is 10.8 Å². The molecule has 0 aliphatic rings. The third-order valence-corrected chi connectivity index (χ3v) is 7.96. The van der Waals surface area contributed by atoms with Crippen LogP contribution in [0, 0.1) is 0 Å². The van der Waals surface area contributed by atoms with Gasteiger partial charge in [0.15, 0.2) is 5.13 Å². The Balaban J connectivity index is 0.00000361. The molecule has 36 heavy (non-hydrogen) atoms. The average Bonchev–Trinajstić information content (AvgIpc) is 3.25. The van der Waals surface area contributed by atoms with Crippen LogP contribution in [0.25, 0.3) is 10.2 Å². The molecule has 0 aliphatic heterocycles. The normalized spacial score (nSPS) is 11.3. The van der Waals surface area contributed by atoms with Crippen molar-refractivity contribution in [3.8, 4) is 0 Å². The van der Waals surface area contributed by atoms with Crippen LogP contribution in [0.1, 0.15) is 16.8 Å². The minimum Gasteiger partial charge on any atom is -0.309 e. The first-order valence-electron chi connectivity index (χ1n) is 10.9. The van der Waals surface area contributed by atoms with E-state index in [1.807, 2.05) is 38.4 Å². The zero-order valence-corrected chi connectivity index (χ0v) is 22.9. The summed E-state index contributed by atoms with van der Waals surface area (Å²) in [5.74, 6) is -0.322. The first-order chi connectivity index (χ1) is 16.7. The molecule has 0 radical (unpaired) electrons. The number of halogens is 2. The molecule has 0 spiro atoms. The monoisotopic (exact) mass is 564 g/mol. The fourth-order valence-corrected chi connectivity index (χ4v) is 5.72. The van der Waals surface area contributed by atoms with E-state index < -0.39 is 10.0 Å². The maximum atomic E-state index is 13.8. The van der Waals surface area contributed by atoms with Gasteiger partial charge in [-0.25, -0.2) is 13.4 Å². The summed E-state index contributed by atoms with van der Waals surface area (Å²) in [7, 11) is 0.0295. The van der Waals surface area contributed by atoms with Gasteiger partial charge in [-0.1, -0.05) is 47.2 Å². The van der Waals surface area contributed by atoms with Crippen LogP contribution in [0.2, 0.25) is 5.02 Å². The highest BCUT2D eigenvalue weighted by molar-refractivity contribution is 7.92.